The molecule has 0 bridgehead atoms. The number of carboxylic acid groups (broad SMARTS) is 1. The number of rotatable bonds is 10. The van der Waals surface area contributed by atoms with Gasteiger partial charge in [0.25, 0.3) is 0 Å². The first kappa shape index (κ1) is 19.7. The largest absolute Gasteiger partial charge is 0.480 e. The third kappa shape index (κ3) is 10.1. The van der Waals surface area contributed by atoms with Gasteiger partial charge in [0, 0.05) is 12.6 Å². The average Bonchev–Trinajstić information content (AvgIpc) is 2.32. The number of carbonyl (C=O) groups excluding carboxylic acids is 1. The Morgan fingerprint density at radius 3 is 2.24 bits per heavy atom. The molecule has 0 aliphatic rings. The number of likely N-dealkylation sites (N-methyl/N-ethyl adjacent to an activating group) is 1. The van der Waals surface area contributed by atoms with Crippen LogP contribution < -0.4 is 10.6 Å². The van der Waals surface area contributed by atoms with Crippen LogP contribution in [0.4, 0.5) is 4.79 Å². The molecule has 0 saturated heterocycles. The Balaban J connectivity index is 4.47. The molecule has 0 aliphatic heterocycles. The molecule has 0 rings (SSSR count). The molecule has 3 N–H and O–H groups in total. The zero-order chi connectivity index (χ0) is 16.4. The molecule has 0 aromatic rings. The lowest BCUT2D eigenvalue weighted by Crippen LogP contribution is -2.51. The third-order valence-electron chi connectivity index (χ3n) is 3.13. The Morgan fingerprint density at radius 1 is 1.19 bits per heavy atom. The number of nitrogens with one attached hydrogen (secondary N) is 2. The summed E-state index contributed by atoms with van der Waals surface area (Å²) in [7, 11) is 3.91. The van der Waals surface area contributed by atoms with Gasteiger partial charge in [0.15, 0.2) is 0 Å². The van der Waals surface area contributed by atoms with Crippen LogP contribution in [0.15, 0.2) is 0 Å². The van der Waals surface area contributed by atoms with Crippen molar-refractivity contribution in [2.24, 2.45) is 5.92 Å². The van der Waals surface area contributed by atoms with Crippen molar-refractivity contribution in [1.82, 2.24) is 15.5 Å². The van der Waals surface area contributed by atoms with Gasteiger partial charge in [0.05, 0.1) is 0 Å². The van der Waals surface area contributed by atoms with Crippen LogP contribution in [-0.4, -0.2) is 54.7 Å². The Bertz CT molecular complexity index is 309. The molecule has 0 aromatic carbocycles. The molecular weight excluding hydrogens is 270 g/mol. The Kier molecular flexibility index (Phi) is 9.78. The van der Waals surface area contributed by atoms with Gasteiger partial charge in [-0.1, -0.05) is 33.6 Å². The van der Waals surface area contributed by atoms with Gasteiger partial charge in [-0.2, -0.15) is 0 Å². The van der Waals surface area contributed by atoms with E-state index in [9.17, 15) is 9.59 Å². The zero-order valence-electron chi connectivity index (χ0n) is 14.0. The normalized spacial score (nSPS) is 14.0. The number of nitrogens with zero attached hydrogens (tertiary/aromatic N) is 1. The summed E-state index contributed by atoms with van der Waals surface area (Å²) in [5.74, 6) is -0.516. The fraction of sp³-hybridized carbons (Fsp3) is 0.867. The van der Waals surface area contributed by atoms with Crippen molar-refractivity contribution in [3.8, 4) is 0 Å². The van der Waals surface area contributed by atoms with Gasteiger partial charge in [-0.05, 0) is 32.9 Å². The summed E-state index contributed by atoms with van der Waals surface area (Å²) >= 11 is 0. The van der Waals surface area contributed by atoms with E-state index in [0.717, 1.165) is 25.8 Å². The predicted molar refractivity (Wildman–Crippen MR) is 84.4 cm³/mol. The Hall–Kier alpha value is -1.30. The van der Waals surface area contributed by atoms with E-state index in [1.807, 2.05) is 25.9 Å². The molecule has 21 heavy (non-hydrogen) atoms. The molecule has 0 spiro atoms. The van der Waals surface area contributed by atoms with E-state index >= 15 is 0 Å². The van der Waals surface area contributed by atoms with Gasteiger partial charge in [-0.25, -0.2) is 9.59 Å². The SMILES string of the molecule is CCCCC(NC(=O)NC(CC(C)C)CN(C)C)C(=O)O. The van der Waals surface area contributed by atoms with Crippen LogP contribution in [0.3, 0.4) is 0 Å². The number of carbonyl (C=O) groups is 2. The van der Waals surface area contributed by atoms with Crippen LogP contribution >= 0.6 is 0 Å². The summed E-state index contributed by atoms with van der Waals surface area (Å²) in [5.41, 5.74) is 0. The fourth-order valence-corrected chi connectivity index (χ4v) is 2.24. The van der Waals surface area contributed by atoms with Crippen molar-refractivity contribution in [1.29, 1.82) is 0 Å². The number of aliphatic carboxylic acids is 1. The van der Waals surface area contributed by atoms with E-state index in [0.29, 0.717) is 12.3 Å². The van der Waals surface area contributed by atoms with Gasteiger partial charge in [0.2, 0.25) is 0 Å². The van der Waals surface area contributed by atoms with Crippen molar-refractivity contribution in [3.63, 3.8) is 0 Å². The second kappa shape index (κ2) is 10.4. The lowest BCUT2D eigenvalue weighted by molar-refractivity contribution is -0.139. The van der Waals surface area contributed by atoms with Crippen LogP contribution in [0.1, 0.15) is 46.5 Å². The fourth-order valence-electron chi connectivity index (χ4n) is 2.24. The highest BCUT2D eigenvalue weighted by Crippen LogP contribution is 2.06. The molecule has 0 aliphatic carbocycles. The molecule has 0 fully saturated rings. The zero-order valence-corrected chi connectivity index (χ0v) is 14.0. The van der Waals surface area contributed by atoms with Gasteiger partial charge in [0.1, 0.15) is 6.04 Å². The van der Waals surface area contributed by atoms with Crippen LogP contribution in [0.5, 0.6) is 0 Å². The van der Waals surface area contributed by atoms with E-state index < -0.39 is 18.0 Å². The third-order valence-corrected chi connectivity index (χ3v) is 3.13. The predicted octanol–water partition coefficient (Wildman–Crippen LogP) is 1.91. The highest BCUT2D eigenvalue weighted by atomic mass is 16.4. The quantitative estimate of drug-likeness (QED) is 0.575. The van der Waals surface area contributed by atoms with E-state index in [1.54, 1.807) is 0 Å². The number of urea groups is 1. The minimum absolute atomic E-state index is 0.0145. The van der Waals surface area contributed by atoms with Crippen molar-refractivity contribution < 1.29 is 14.7 Å². The van der Waals surface area contributed by atoms with Gasteiger partial charge < -0.3 is 20.6 Å². The summed E-state index contributed by atoms with van der Waals surface area (Å²) in [5, 5.41) is 14.6. The topological polar surface area (TPSA) is 81.7 Å². The lowest BCUT2D eigenvalue weighted by atomic mass is 10.0. The van der Waals surface area contributed by atoms with E-state index in [1.165, 1.54) is 0 Å². The van der Waals surface area contributed by atoms with Crippen LogP contribution in [0.2, 0.25) is 0 Å². The smallest absolute Gasteiger partial charge is 0.326 e. The van der Waals surface area contributed by atoms with E-state index in [4.69, 9.17) is 5.11 Å². The molecule has 2 unspecified atom stereocenters. The highest BCUT2D eigenvalue weighted by molar-refractivity contribution is 5.82. The van der Waals surface area contributed by atoms with Crippen LogP contribution in [0, 0.1) is 5.92 Å². The number of carboxylic acids is 1. The van der Waals surface area contributed by atoms with Crippen LogP contribution in [0.25, 0.3) is 0 Å². The van der Waals surface area contributed by atoms with Gasteiger partial charge >= 0.3 is 12.0 Å². The lowest BCUT2D eigenvalue weighted by Gasteiger charge is -2.25. The van der Waals surface area contributed by atoms with Crippen molar-refractivity contribution in [2.45, 2.75) is 58.5 Å². The van der Waals surface area contributed by atoms with E-state index in [2.05, 4.69) is 24.5 Å². The highest BCUT2D eigenvalue weighted by Gasteiger charge is 2.21. The number of amides is 2. The van der Waals surface area contributed by atoms with Crippen molar-refractivity contribution in [3.05, 3.63) is 0 Å². The average molecular weight is 301 g/mol. The second-order valence-corrected chi connectivity index (χ2v) is 6.24. The first-order chi connectivity index (χ1) is 9.76. The molecule has 2 atom stereocenters. The number of hydrogen-bond donors (Lipinski definition) is 3. The molecule has 0 aromatic heterocycles. The van der Waals surface area contributed by atoms with Crippen molar-refractivity contribution in [2.75, 3.05) is 20.6 Å². The van der Waals surface area contributed by atoms with Gasteiger partial charge in [-0.15, -0.1) is 0 Å². The van der Waals surface area contributed by atoms with Crippen molar-refractivity contribution >= 4 is 12.0 Å². The summed E-state index contributed by atoms with van der Waals surface area (Å²) in [4.78, 5) is 25.1. The first-order valence-electron chi connectivity index (χ1n) is 7.70. The summed E-state index contributed by atoms with van der Waals surface area (Å²) in [6.07, 6.45) is 3.01. The van der Waals surface area contributed by atoms with E-state index in [-0.39, 0.29) is 6.04 Å². The molecule has 0 radical (unpaired) electrons. The summed E-state index contributed by atoms with van der Waals surface area (Å²) in [6, 6.07) is -1.20. The standard InChI is InChI=1S/C15H31N3O3/c1-6-7-8-13(14(19)20)17-15(21)16-12(9-11(2)3)10-18(4)5/h11-13H,6-10H2,1-5H3,(H,19,20)(H2,16,17,21). The summed E-state index contributed by atoms with van der Waals surface area (Å²) in [6.45, 7) is 6.93. The van der Waals surface area contributed by atoms with Gasteiger partial charge in [-0.3, -0.25) is 0 Å². The molecule has 0 heterocycles. The maximum atomic E-state index is 12.0. The molecule has 6 heteroatoms. The molecule has 2 amide bonds. The minimum Gasteiger partial charge on any atom is -0.480 e. The first-order valence-corrected chi connectivity index (χ1v) is 7.70. The Labute approximate surface area is 128 Å². The van der Waals surface area contributed by atoms with Crippen LogP contribution in [-0.2, 0) is 4.79 Å². The maximum Gasteiger partial charge on any atom is 0.326 e. The molecule has 124 valence electrons. The minimum atomic E-state index is -0.980. The number of hydrogen-bond acceptors (Lipinski definition) is 3. The Morgan fingerprint density at radius 2 is 1.81 bits per heavy atom. The monoisotopic (exact) mass is 301 g/mol. The molecule has 0 saturated carbocycles. The molecular formula is C15H31N3O3. The summed E-state index contributed by atoms with van der Waals surface area (Å²) < 4.78 is 0. The molecule has 6 nitrogen and oxygen atoms in total. The maximum absolute atomic E-state index is 12.0. The number of unbranched alkanes of at least 4 members (excludes halogenated alkanes) is 1. The second-order valence-electron chi connectivity index (χ2n) is 6.24.